The molecule has 0 aliphatic carbocycles. The molecule has 0 aliphatic rings. The Morgan fingerprint density at radius 1 is 1.21 bits per heavy atom. The first-order chi connectivity index (χ1) is 13.3. The first-order valence-electron chi connectivity index (χ1n) is 8.04. The van der Waals surface area contributed by atoms with E-state index in [0.717, 1.165) is 6.07 Å². The van der Waals surface area contributed by atoms with Crippen molar-refractivity contribution < 1.29 is 29.0 Å². The second kappa shape index (κ2) is 9.21. The molecule has 10 heteroatoms. The van der Waals surface area contributed by atoms with Crippen molar-refractivity contribution >= 4 is 17.8 Å². The highest BCUT2D eigenvalue weighted by Crippen LogP contribution is 2.36. The minimum Gasteiger partial charge on any atom is -0.500 e. The van der Waals surface area contributed by atoms with Crippen LogP contribution in [0.25, 0.3) is 0 Å². The lowest BCUT2D eigenvalue weighted by atomic mass is 10.2. The van der Waals surface area contributed by atoms with Crippen LogP contribution < -0.4 is 19.6 Å². The number of nitrogens with zero attached hydrogens (tertiary/aromatic N) is 2. The van der Waals surface area contributed by atoms with E-state index >= 15 is 0 Å². The number of carbonyl (C=O) groups is 1. The van der Waals surface area contributed by atoms with Crippen LogP contribution in [0.15, 0.2) is 41.5 Å². The van der Waals surface area contributed by atoms with E-state index in [1.165, 1.54) is 19.4 Å². The maximum absolute atomic E-state index is 12.1. The van der Waals surface area contributed by atoms with Gasteiger partial charge >= 0.3 is 5.69 Å². The van der Waals surface area contributed by atoms with Crippen molar-refractivity contribution in [3.63, 3.8) is 0 Å². The molecular formula is C18H19N3O7. The van der Waals surface area contributed by atoms with Crippen molar-refractivity contribution in [2.75, 3.05) is 14.2 Å². The zero-order chi connectivity index (χ0) is 20.7. The summed E-state index contributed by atoms with van der Waals surface area (Å²) in [5.41, 5.74) is 2.00. The largest absolute Gasteiger partial charge is 0.500 e. The SMILES string of the molecule is COc1ccc(O[C@@H](C)C(=O)N/N=C/c2cc(OC)c(O)c([N+](=O)[O-])c2)cc1. The van der Waals surface area contributed by atoms with Crippen LogP contribution in [0.3, 0.4) is 0 Å². The number of carbonyl (C=O) groups excluding carboxylic acids is 1. The average Bonchev–Trinajstić information content (AvgIpc) is 2.69. The van der Waals surface area contributed by atoms with Gasteiger partial charge in [0.1, 0.15) is 11.5 Å². The second-order valence-electron chi connectivity index (χ2n) is 5.52. The smallest absolute Gasteiger partial charge is 0.315 e. The first-order valence-corrected chi connectivity index (χ1v) is 8.04. The highest BCUT2D eigenvalue weighted by molar-refractivity contribution is 5.86. The van der Waals surface area contributed by atoms with Gasteiger partial charge in [-0.05, 0) is 37.3 Å². The van der Waals surface area contributed by atoms with Gasteiger partial charge in [0.25, 0.3) is 5.91 Å². The summed E-state index contributed by atoms with van der Waals surface area (Å²) in [5, 5.41) is 24.5. The molecule has 0 heterocycles. The summed E-state index contributed by atoms with van der Waals surface area (Å²) in [4.78, 5) is 22.3. The standard InChI is InChI=1S/C18H19N3O7/c1-11(28-14-6-4-13(26-2)5-7-14)18(23)20-19-10-12-8-15(21(24)25)17(22)16(9-12)27-3/h4-11,22H,1-3H3,(H,20,23)/b19-10+/t11-/m0/s1. The van der Waals surface area contributed by atoms with Crippen molar-refractivity contribution in [3.05, 3.63) is 52.1 Å². The fraction of sp³-hybridized carbons (Fsp3) is 0.222. The quantitative estimate of drug-likeness (QED) is 0.402. The number of hydrogen-bond donors (Lipinski definition) is 2. The number of phenols is 1. The van der Waals surface area contributed by atoms with E-state index in [2.05, 4.69) is 10.5 Å². The third-order valence-electron chi connectivity index (χ3n) is 3.62. The zero-order valence-corrected chi connectivity index (χ0v) is 15.4. The first kappa shape index (κ1) is 20.5. The third kappa shape index (κ3) is 5.10. The summed E-state index contributed by atoms with van der Waals surface area (Å²) in [5.74, 6) is -0.0560. The molecule has 2 rings (SSSR count). The summed E-state index contributed by atoms with van der Waals surface area (Å²) < 4.78 is 15.4. The molecule has 0 aliphatic heterocycles. The minimum atomic E-state index is -0.839. The zero-order valence-electron chi connectivity index (χ0n) is 15.4. The molecule has 28 heavy (non-hydrogen) atoms. The van der Waals surface area contributed by atoms with E-state index < -0.39 is 28.4 Å². The molecule has 2 aromatic rings. The lowest BCUT2D eigenvalue weighted by molar-refractivity contribution is -0.386. The van der Waals surface area contributed by atoms with Gasteiger partial charge in [0.2, 0.25) is 5.75 Å². The molecule has 0 fully saturated rings. The Bertz CT molecular complexity index is 881. The normalized spacial score (nSPS) is 11.7. The van der Waals surface area contributed by atoms with E-state index in [-0.39, 0.29) is 11.3 Å². The molecule has 2 aromatic carbocycles. The number of hydrazone groups is 1. The predicted molar refractivity (Wildman–Crippen MR) is 100 cm³/mol. The second-order valence-corrected chi connectivity index (χ2v) is 5.52. The van der Waals surface area contributed by atoms with Gasteiger partial charge in [0.05, 0.1) is 25.4 Å². The number of nitrogens with one attached hydrogen (secondary N) is 1. The number of benzene rings is 2. The number of methoxy groups -OCH3 is 2. The molecule has 1 atom stereocenters. The molecule has 0 unspecified atom stereocenters. The van der Waals surface area contributed by atoms with E-state index in [0.29, 0.717) is 11.5 Å². The predicted octanol–water partition coefficient (Wildman–Crippen LogP) is 2.24. The molecular weight excluding hydrogens is 370 g/mol. The van der Waals surface area contributed by atoms with Crippen LogP contribution in [0.2, 0.25) is 0 Å². The van der Waals surface area contributed by atoms with Crippen LogP contribution in [0.1, 0.15) is 12.5 Å². The van der Waals surface area contributed by atoms with Crippen LogP contribution in [-0.2, 0) is 4.79 Å². The van der Waals surface area contributed by atoms with Crippen molar-refractivity contribution in [2.24, 2.45) is 5.10 Å². The molecule has 2 N–H and O–H groups in total. The lowest BCUT2D eigenvalue weighted by Crippen LogP contribution is -2.33. The van der Waals surface area contributed by atoms with Crippen molar-refractivity contribution in [1.82, 2.24) is 5.43 Å². The van der Waals surface area contributed by atoms with Gasteiger partial charge in [-0.2, -0.15) is 5.10 Å². The van der Waals surface area contributed by atoms with E-state index in [1.54, 1.807) is 38.3 Å². The number of nitro benzene ring substituents is 1. The Labute approximate surface area is 160 Å². The van der Waals surface area contributed by atoms with Gasteiger partial charge in [0.15, 0.2) is 11.9 Å². The topological polar surface area (TPSA) is 133 Å². The molecule has 1 amide bonds. The molecule has 148 valence electrons. The molecule has 0 saturated carbocycles. The van der Waals surface area contributed by atoms with E-state index in [4.69, 9.17) is 14.2 Å². The Morgan fingerprint density at radius 3 is 2.43 bits per heavy atom. The van der Waals surface area contributed by atoms with Gasteiger partial charge in [-0.15, -0.1) is 0 Å². The maximum Gasteiger partial charge on any atom is 0.315 e. The van der Waals surface area contributed by atoms with Gasteiger partial charge < -0.3 is 19.3 Å². The number of phenolic OH excluding ortho intramolecular Hbond substituents is 1. The molecule has 0 aromatic heterocycles. The lowest BCUT2D eigenvalue weighted by Gasteiger charge is -2.13. The summed E-state index contributed by atoms with van der Waals surface area (Å²) in [6.07, 6.45) is 0.349. The van der Waals surface area contributed by atoms with Crippen LogP contribution in [0.4, 0.5) is 5.69 Å². The summed E-state index contributed by atoms with van der Waals surface area (Å²) in [7, 11) is 2.81. The highest BCUT2D eigenvalue weighted by Gasteiger charge is 2.19. The Morgan fingerprint density at radius 2 is 1.86 bits per heavy atom. The van der Waals surface area contributed by atoms with Crippen LogP contribution in [0.5, 0.6) is 23.0 Å². The van der Waals surface area contributed by atoms with Gasteiger partial charge in [-0.3, -0.25) is 14.9 Å². The van der Waals surface area contributed by atoms with Crippen LogP contribution >= 0.6 is 0 Å². The summed E-state index contributed by atoms with van der Waals surface area (Å²) >= 11 is 0. The highest BCUT2D eigenvalue weighted by atomic mass is 16.6. The average molecular weight is 389 g/mol. The van der Waals surface area contributed by atoms with Crippen molar-refractivity contribution in [2.45, 2.75) is 13.0 Å². The summed E-state index contributed by atoms with van der Waals surface area (Å²) in [6, 6.07) is 9.16. The molecule has 10 nitrogen and oxygen atoms in total. The number of amides is 1. The van der Waals surface area contributed by atoms with Gasteiger partial charge in [0, 0.05) is 11.6 Å². The molecule has 0 radical (unpaired) electrons. The Hall–Kier alpha value is -3.82. The Kier molecular flexibility index (Phi) is 6.74. The number of rotatable bonds is 8. The fourth-order valence-corrected chi connectivity index (χ4v) is 2.16. The number of nitro groups is 1. The Balaban J connectivity index is 2.02. The minimum absolute atomic E-state index is 0.0850. The molecule has 0 saturated heterocycles. The van der Waals surface area contributed by atoms with E-state index in [1.807, 2.05) is 0 Å². The fourth-order valence-electron chi connectivity index (χ4n) is 2.16. The van der Waals surface area contributed by atoms with Crippen LogP contribution in [-0.4, -0.2) is 42.5 Å². The van der Waals surface area contributed by atoms with Crippen LogP contribution in [0, 0.1) is 10.1 Å². The number of ether oxygens (including phenoxy) is 3. The number of aromatic hydroxyl groups is 1. The van der Waals surface area contributed by atoms with Gasteiger partial charge in [-0.25, -0.2) is 5.43 Å². The van der Waals surface area contributed by atoms with Crippen molar-refractivity contribution in [1.29, 1.82) is 0 Å². The monoisotopic (exact) mass is 389 g/mol. The summed E-state index contributed by atoms with van der Waals surface area (Å²) in [6.45, 7) is 1.55. The molecule has 0 bridgehead atoms. The number of hydrogen-bond acceptors (Lipinski definition) is 8. The van der Waals surface area contributed by atoms with E-state index in [9.17, 15) is 20.0 Å². The molecule has 0 spiro atoms. The van der Waals surface area contributed by atoms with Crippen molar-refractivity contribution in [3.8, 4) is 23.0 Å². The van der Waals surface area contributed by atoms with Gasteiger partial charge in [-0.1, -0.05) is 0 Å². The third-order valence-corrected chi connectivity index (χ3v) is 3.62. The maximum atomic E-state index is 12.1.